The molecule has 6 nitrogen and oxygen atoms in total. The number of rotatable bonds is 7. The van der Waals surface area contributed by atoms with Gasteiger partial charge in [0, 0.05) is 23.7 Å². The molecule has 3 N–H and O–H groups in total. The van der Waals surface area contributed by atoms with Gasteiger partial charge in [0.15, 0.2) is 0 Å². The summed E-state index contributed by atoms with van der Waals surface area (Å²) in [4.78, 5) is 22.3. The third kappa shape index (κ3) is 4.31. The number of nitrogens with two attached hydrogens (primary N) is 1. The number of benzene rings is 1. The molecule has 6 heteroatoms. The topological polar surface area (TPSA) is 98.3 Å². The van der Waals surface area contributed by atoms with E-state index in [0.717, 1.165) is 12.8 Å². The summed E-state index contributed by atoms with van der Waals surface area (Å²) in [5.41, 5.74) is 6.05. The Bertz CT molecular complexity index is 484. The van der Waals surface area contributed by atoms with Gasteiger partial charge in [-0.25, -0.2) is 0 Å². The van der Waals surface area contributed by atoms with Crippen LogP contribution in [0.25, 0.3) is 0 Å². The quantitative estimate of drug-likeness (QED) is 0.587. The lowest BCUT2D eigenvalue weighted by atomic mass is 9.94. The van der Waals surface area contributed by atoms with Gasteiger partial charge in [-0.3, -0.25) is 14.9 Å². The fourth-order valence-corrected chi connectivity index (χ4v) is 1.85. The fraction of sp³-hybridized carbons (Fsp3) is 0.500. The van der Waals surface area contributed by atoms with Crippen LogP contribution in [0.15, 0.2) is 24.3 Å². The van der Waals surface area contributed by atoms with Gasteiger partial charge in [0.25, 0.3) is 5.69 Å². The third-order valence-electron chi connectivity index (χ3n) is 3.59. The number of nitro groups is 1. The highest BCUT2D eigenvalue weighted by molar-refractivity contribution is 5.79. The van der Waals surface area contributed by atoms with Gasteiger partial charge in [0.2, 0.25) is 5.91 Å². The smallest absolute Gasteiger partial charge is 0.273 e. The molecule has 1 aromatic carbocycles. The van der Waals surface area contributed by atoms with E-state index in [9.17, 15) is 14.9 Å². The summed E-state index contributed by atoms with van der Waals surface area (Å²) >= 11 is 0. The molecule has 1 amide bonds. The van der Waals surface area contributed by atoms with Crippen molar-refractivity contribution in [3.63, 3.8) is 0 Å². The summed E-state index contributed by atoms with van der Waals surface area (Å²) in [6.45, 7) is 4.31. The van der Waals surface area contributed by atoms with Crippen molar-refractivity contribution in [2.75, 3.05) is 6.54 Å². The van der Waals surface area contributed by atoms with E-state index in [1.807, 2.05) is 13.8 Å². The molecule has 20 heavy (non-hydrogen) atoms. The van der Waals surface area contributed by atoms with E-state index in [1.54, 1.807) is 18.2 Å². The van der Waals surface area contributed by atoms with Crippen LogP contribution in [0, 0.1) is 10.1 Å². The number of carbonyl (C=O) groups excluding carboxylic acids is 1. The Labute approximate surface area is 118 Å². The molecule has 0 saturated heterocycles. The molecule has 0 unspecified atom stereocenters. The predicted octanol–water partition coefficient (Wildman–Crippen LogP) is 1.77. The highest BCUT2D eigenvalue weighted by atomic mass is 16.6. The number of hydrogen-bond donors (Lipinski definition) is 2. The zero-order valence-corrected chi connectivity index (χ0v) is 11.9. The maximum absolute atomic E-state index is 11.9. The lowest BCUT2D eigenvalue weighted by Crippen LogP contribution is -2.49. The lowest BCUT2D eigenvalue weighted by molar-refractivity contribution is -0.385. The fourth-order valence-electron chi connectivity index (χ4n) is 1.85. The van der Waals surface area contributed by atoms with Crippen molar-refractivity contribution in [2.45, 2.75) is 38.6 Å². The van der Waals surface area contributed by atoms with E-state index in [2.05, 4.69) is 5.32 Å². The SMILES string of the molecule is CCC(N)(CC)CNC(=O)Cc1ccccc1[N+](=O)[O-]. The molecule has 0 bridgehead atoms. The Morgan fingerprint density at radius 1 is 1.35 bits per heavy atom. The molecule has 0 aliphatic rings. The number of para-hydroxylation sites is 1. The highest BCUT2D eigenvalue weighted by Gasteiger charge is 2.22. The Balaban J connectivity index is 2.66. The molecular weight excluding hydrogens is 258 g/mol. The summed E-state index contributed by atoms with van der Waals surface area (Å²) in [6.07, 6.45) is 1.51. The molecule has 0 radical (unpaired) electrons. The summed E-state index contributed by atoms with van der Waals surface area (Å²) < 4.78 is 0. The predicted molar refractivity (Wildman–Crippen MR) is 77.3 cm³/mol. The Hall–Kier alpha value is -1.95. The van der Waals surface area contributed by atoms with Crippen molar-refractivity contribution in [3.05, 3.63) is 39.9 Å². The van der Waals surface area contributed by atoms with Gasteiger partial charge in [-0.05, 0) is 12.8 Å². The standard InChI is InChI=1S/C14H21N3O3/c1-3-14(15,4-2)10-16-13(18)9-11-7-5-6-8-12(11)17(19)20/h5-8H,3-4,9-10,15H2,1-2H3,(H,16,18). The summed E-state index contributed by atoms with van der Waals surface area (Å²) in [7, 11) is 0. The molecular formula is C14H21N3O3. The molecule has 0 heterocycles. The second kappa shape index (κ2) is 7.00. The second-order valence-electron chi connectivity index (χ2n) is 4.91. The maximum Gasteiger partial charge on any atom is 0.273 e. The van der Waals surface area contributed by atoms with Crippen LogP contribution in [0.4, 0.5) is 5.69 Å². The largest absolute Gasteiger partial charge is 0.354 e. The van der Waals surface area contributed by atoms with Crippen LogP contribution in [0.2, 0.25) is 0 Å². The van der Waals surface area contributed by atoms with E-state index in [-0.39, 0.29) is 18.0 Å². The monoisotopic (exact) mass is 279 g/mol. The van der Waals surface area contributed by atoms with E-state index in [4.69, 9.17) is 5.73 Å². The van der Waals surface area contributed by atoms with Crippen molar-refractivity contribution in [1.29, 1.82) is 0 Å². The van der Waals surface area contributed by atoms with Gasteiger partial charge in [-0.1, -0.05) is 32.0 Å². The van der Waals surface area contributed by atoms with E-state index >= 15 is 0 Å². The van der Waals surface area contributed by atoms with Crippen LogP contribution in [0.3, 0.4) is 0 Å². The van der Waals surface area contributed by atoms with Crippen LogP contribution in [0.1, 0.15) is 32.3 Å². The molecule has 0 atom stereocenters. The number of nitro benzene ring substituents is 1. The van der Waals surface area contributed by atoms with Gasteiger partial charge in [-0.2, -0.15) is 0 Å². The van der Waals surface area contributed by atoms with Crippen LogP contribution in [-0.2, 0) is 11.2 Å². The summed E-state index contributed by atoms with van der Waals surface area (Å²) in [5, 5.41) is 13.6. The Morgan fingerprint density at radius 2 is 1.95 bits per heavy atom. The van der Waals surface area contributed by atoms with Crippen molar-refractivity contribution in [1.82, 2.24) is 5.32 Å². The molecule has 0 aliphatic heterocycles. The van der Waals surface area contributed by atoms with Crippen LogP contribution < -0.4 is 11.1 Å². The van der Waals surface area contributed by atoms with Gasteiger partial charge < -0.3 is 11.1 Å². The Kier molecular flexibility index (Phi) is 5.64. The highest BCUT2D eigenvalue weighted by Crippen LogP contribution is 2.18. The average molecular weight is 279 g/mol. The van der Waals surface area contributed by atoms with Crippen LogP contribution in [0.5, 0.6) is 0 Å². The van der Waals surface area contributed by atoms with Gasteiger partial charge in [0.1, 0.15) is 0 Å². The van der Waals surface area contributed by atoms with Crippen LogP contribution >= 0.6 is 0 Å². The zero-order valence-electron chi connectivity index (χ0n) is 11.9. The van der Waals surface area contributed by atoms with Crippen molar-refractivity contribution >= 4 is 11.6 Å². The van der Waals surface area contributed by atoms with Crippen molar-refractivity contribution in [3.8, 4) is 0 Å². The van der Waals surface area contributed by atoms with Gasteiger partial charge in [-0.15, -0.1) is 0 Å². The second-order valence-corrected chi connectivity index (χ2v) is 4.91. The molecule has 110 valence electrons. The molecule has 0 saturated carbocycles. The summed E-state index contributed by atoms with van der Waals surface area (Å²) in [5.74, 6) is -0.254. The molecule has 0 fully saturated rings. The first-order valence-corrected chi connectivity index (χ1v) is 6.69. The number of hydrogen-bond acceptors (Lipinski definition) is 4. The first-order valence-electron chi connectivity index (χ1n) is 6.69. The molecule has 0 aromatic heterocycles. The van der Waals surface area contributed by atoms with Crippen molar-refractivity contribution < 1.29 is 9.72 Å². The maximum atomic E-state index is 11.9. The number of amides is 1. The van der Waals surface area contributed by atoms with Gasteiger partial charge >= 0.3 is 0 Å². The normalized spacial score (nSPS) is 11.2. The third-order valence-corrected chi connectivity index (χ3v) is 3.59. The van der Waals surface area contributed by atoms with Gasteiger partial charge in [0.05, 0.1) is 11.3 Å². The number of nitrogens with zero attached hydrogens (tertiary/aromatic N) is 1. The minimum absolute atomic E-state index is 0.0132. The molecule has 1 aromatic rings. The summed E-state index contributed by atoms with van der Waals surface area (Å²) in [6, 6.07) is 6.25. The number of carbonyl (C=O) groups is 1. The van der Waals surface area contributed by atoms with E-state index in [1.165, 1.54) is 6.07 Å². The average Bonchev–Trinajstić information content (AvgIpc) is 2.45. The minimum Gasteiger partial charge on any atom is -0.354 e. The zero-order chi connectivity index (χ0) is 15.2. The van der Waals surface area contributed by atoms with E-state index < -0.39 is 10.5 Å². The Morgan fingerprint density at radius 3 is 2.50 bits per heavy atom. The van der Waals surface area contributed by atoms with E-state index in [0.29, 0.717) is 12.1 Å². The first kappa shape index (κ1) is 16.1. The van der Waals surface area contributed by atoms with Crippen molar-refractivity contribution in [2.24, 2.45) is 5.73 Å². The van der Waals surface area contributed by atoms with Crippen LogP contribution in [-0.4, -0.2) is 22.9 Å². The first-order chi connectivity index (χ1) is 9.41. The lowest BCUT2D eigenvalue weighted by Gasteiger charge is -2.26. The number of nitrogens with one attached hydrogen (secondary N) is 1. The molecule has 1 rings (SSSR count). The molecule has 0 spiro atoms. The molecule has 0 aliphatic carbocycles. The minimum atomic E-state index is -0.478.